The Morgan fingerprint density at radius 2 is 2.18 bits per heavy atom. The van der Waals surface area contributed by atoms with Crippen LogP contribution in [0.15, 0.2) is 0 Å². The van der Waals surface area contributed by atoms with Gasteiger partial charge in [-0.25, -0.2) is 9.67 Å². The van der Waals surface area contributed by atoms with E-state index < -0.39 is 0 Å². The molecule has 1 aromatic heterocycles. The van der Waals surface area contributed by atoms with Gasteiger partial charge in [-0.2, -0.15) is 5.10 Å². The van der Waals surface area contributed by atoms with Crippen LogP contribution in [0.2, 0.25) is 0 Å². The third-order valence-corrected chi connectivity index (χ3v) is 4.88. The Morgan fingerprint density at radius 3 is 2.91 bits per heavy atom. The molecule has 3 rings (SSSR count). The quantitative estimate of drug-likeness (QED) is 0.858. The number of halogens is 1. The molecular formula is C15H26ClN5O. The van der Waals surface area contributed by atoms with Gasteiger partial charge in [-0.1, -0.05) is 12.8 Å². The lowest BCUT2D eigenvalue weighted by molar-refractivity contribution is -0.129. The zero-order valence-corrected chi connectivity index (χ0v) is 14.2. The third-order valence-electron chi connectivity index (χ3n) is 4.88. The molecule has 22 heavy (non-hydrogen) atoms. The Kier molecular flexibility index (Phi) is 5.12. The molecule has 124 valence electrons. The van der Waals surface area contributed by atoms with E-state index in [4.69, 9.17) is 5.73 Å². The highest BCUT2D eigenvalue weighted by molar-refractivity contribution is 5.85. The maximum Gasteiger partial charge on any atom is 0.225 e. The van der Waals surface area contributed by atoms with Crippen LogP contribution in [0.25, 0.3) is 0 Å². The van der Waals surface area contributed by atoms with Gasteiger partial charge in [0.15, 0.2) is 0 Å². The van der Waals surface area contributed by atoms with E-state index in [2.05, 4.69) is 15.4 Å². The molecule has 2 aliphatic rings. The molecule has 0 radical (unpaired) electrons. The first-order valence-electron chi connectivity index (χ1n) is 7.95. The number of nitrogens with two attached hydrogens (primary N) is 1. The highest BCUT2D eigenvalue weighted by atomic mass is 35.5. The van der Waals surface area contributed by atoms with Gasteiger partial charge >= 0.3 is 0 Å². The summed E-state index contributed by atoms with van der Waals surface area (Å²) in [5.74, 6) is 1.88. The van der Waals surface area contributed by atoms with Gasteiger partial charge < -0.3 is 11.1 Å². The molecule has 1 fully saturated rings. The number of amides is 1. The van der Waals surface area contributed by atoms with Gasteiger partial charge in [0.25, 0.3) is 0 Å². The monoisotopic (exact) mass is 327 g/mol. The van der Waals surface area contributed by atoms with Gasteiger partial charge in [0, 0.05) is 18.0 Å². The highest BCUT2D eigenvalue weighted by Gasteiger charge is 2.38. The summed E-state index contributed by atoms with van der Waals surface area (Å²) in [6.45, 7) is 4.63. The molecule has 7 heteroatoms. The van der Waals surface area contributed by atoms with Crippen LogP contribution in [0.3, 0.4) is 0 Å². The molecule has 3 N–H and O–H groups in total. The van der Waals surface area contributed by atoms with Crippen LogP contribution in [-0.2, 0) is 17.8 Å². The van der Waals surface area contributed by atoms with E-state index in [1.807, 2.05) is 18.5 Å². The Balaban J connectivity index is 0.00000176. The van der Waals surface area contributed by atoms with Crippen molar-refractivity contribution in [1.29, 1.82) is 0 Å². The summed E-state index contributed by atoms with van der Waals surface area (Å²) in [6, 6.07) is 0.142. The largest absolute Gasteiger partial charge is 0.351 e. The average Bonchev–Trinajstić information content (AvgIpc) is 2.77. The standard InChI is InChI=1S/C15H25N5O.ClH/c1-10-17-13-7-6-11(9-20(13)19-10)18-14(21)12-5-3-4-8-15(12,2)16;/h11-12H,3-9,16H2,1-2H3,(H,18,21);1H. The minimum Gasteiger partial charge on any atom is -0.351 e. The molecule has 0 bridgehead atoms. The second-order valence-corrected chi connectivity index (χ2v) is 6.81. The van der Waals surface area contributed by atoms with Gasteiger partial charge in [0.05, 0.1) is 12.5 Å². The van der Waals surface area contributed by atoms with E-state index in [9.17, 15) is 4.79 Å². The van der Waals surface area contributed by atoms with Gasteiger partial charge in [0.1, 0.15) is 11.6 Å². The number of nitrogens with one attached hydrogen (secondary N) is 1. The fourth-order valence-corrected chi connectivity index (χ4v) is 3.64. The molecule has 3 unspecified atom stereocenters. The zero-order valence-electron chi connectivity index (χ0n) is 13.3. The number of rotatable bonds is 2. The zero-order chi connectivity index (χ0) is 15.0. The number of hydrogen-bond donors (Lipinski definition) is 2. The van der Waals surface area contributed by atoms with E-state index in [1.165, 1.54) is 0 Å². The van der Waals surface area contributed by atoms with Crippen molar-refractivity contribution in [3.8, 4) is 0 Å². The second kappa shape index (κ2) is 6.54. The molecule has 1 aliphatic carbocycles. The second-order valence-electron chi connectivity index (χ2n) is 6.81. The van der Waals surface area contributed by atoms with Crippen LogP contribution in [-0.4, -0.2) is 32.3 Å². The van der Waals surface area contributed by atoms with Crippen molar-refractivity contribution in [2.45, 2.75) is 70.5 Å². The Hall–Kier alpha value is -1.14. The summed E-state index contributed by atoms with van der Waals surface area (Å²) >= 11 is 0. The Morgan fingerprint density at radius 1 is 1.41 bits per heavy atom. The summed E-state index contributed by atoms with van der Waals surface area (Å²) in [4.78, 5) is 17.0. The fraction of sp³-hybridized carbons (Fsp3) is 0.800. The first kappa shape index (κ1) is 17.2. The number of carbonyl (C=O) groups excluding carboxylic acids is 1. The lowest BCUT2D eigenvalue weighted by Crippen LogP contribution is -2.55. The maximum absolute atomic E-state index is 12.6. The normalized spacial score (nSPS) is 31.0. The SMILES string of the molecule is Cc1nc2n(n1)CC(NC(=O)C1CCCCC1(C)N)CC2.Cl. The highest BCUT2D eigenvalue weighted by Crippen LogP contribution is 2.32. The molecule has 0 aromatic carbocycles. The van der Waals surface area contributed by atoms with Gasteiger partial charge in [0.2, 0.25) is 5.91 Å². The van der Waals surface area contributed by atoms with Crippen molar-refractivity contribution < 1.29 is 4.79 Å². The maximum atomic E-state index is 12.6. The molecule has 0 spiro atoms. The van der Waals surface area contributed by atoms with Crippen molar-refractivity contribution in [2.75, 3.05) is 0 Å². The topological polar surface area (TPSA) is 85.8 Å². The minimum atomic E-state index is -0.369. The summed E-state index contributed by atoms with van der Waals surface area (Å²) in [5.41, 5.74) is 5.95. The van der Waals surface area contributed by atoms with Crippen molar-refractivity contribution in [3.63, 3.8) is 0 Å². The molecule has 1 aliphatic heterocycles. The molecule has 2 heterocycles. The number of nitrogens with zero attached hydrogens (tertiary/aromatic N) is 3. The minimum absolute atomic E-state index is 0. The van der Waals surface area contributed by atoms with Crippen LogP contribution in [0, 0.1) is 12.8 Å². The number of fused-ring (bicyclic) bond motifs is 1. The lowest BCUT2D eigenvalue weighted by atomic mass is 9.74. The van der Waals surface area contributed by atoms with E-state index in [-0.39, 0.29) is 35.8 Å². The Bertz CT molecular complexity index is 542. The molecule has 1 amide bonds. The average molecular weight is 328 g/mol. The van der Waals surface area contributed by atoms with Crippen molar-refractivity contribution in [3.05, 3.63) is 11.6 Å². The molecule has 3 atom stereocenters. The molecule has 6 nitrogen and oxygen atoms in total. The van der Waals surface area contributed by atoms with E-state index in [1.54, 1.807) is 0 Å². The fourth-order valence-electron chi connectivity index (χ4n) is 3.64. The third kappa shape index (κ3) is 3.43. The summed E-state index contributed by atoms with van der Waals surface area (Å²) in [7, 11) is 0. The molecule has 1 aromatic rings. The van der Waals surface area contributed by atoms with Crippen LogP contribution in [0.4, 0.5) is 0 Å². The van der Waals surface area contributed by atoms with Gasteiger partial charge in [-0.15, -0.1) is 12.4 Å². The van der Waals surface area contributed by atoms with Crippen molar-refractivity contribution in [2.24, 2.45) is 11.7 Å². The number of aryl methyl sites for hydroxylation is 2. The van der Waals surface area contributed by atoms with E-state index in [0.717, 1.165) is 56.7 Å². The van der Waals surface area contributed by atoms with Gasteiger partial charge in [-0.05, 0) is 33.1 Å². The molecule has 0 saturated heterocycles. The van der Waals surface area contributed by atoms with E-state index in [0.29, 0.717) is 0 Å². The smallest absolute Gasteiger partial charge is 0.225 e. The lowest BCUT2D eigenvalue weighted by Gasteiger charge is -2.38. The van der Waals surface area contributed by atoms with Crippen molar-refractivity contribution in [1.82, 2.24) is 20.1 Å². The number of carbonyl (C=O) groups is 1. The van der Waals surface area contributed by atoms with Crippen LogP contribution < -0.4 is 11.1 Å². The van der Waals surface area contributed by atoms with Crippen LogP contribution in [0.5, 0.6) is 0 Å². The number of hydrogen-bond acceptors (Lipinski definition) is 4. The summed E-state index contributed by atoms with van der Waals surface area (Å²) in [5, 5.41) is 7.57. The van der Waals surface area contributed by atoms with Gasteiger partial charge in [-0.3, -0.25) is 4.79 Å². The summed E-state index contributed by atoms with van der Waals surface area (Å²) < 4.78 is 1.92. The van der Waals surface area contributed by atoms with Crippen LogP contribution in [0.1, 0.15) is 50.7 Å². The molecule has 1 saturated carbocycles. The first-order chi connectivity index (χ1) is 9.95. The first-order valence-corrected chi connectivity index (χ1v) is 7.95. The Labute approximate surface area is 137 Å². The summed E-state index contributed by atoms with van der Waals surface area (Å²) in [6.07, 6.45) is 5.86. The molecular weight excluding hydrogens is 302 g/mol. The van der Waals surface area contributed by atoms with Crippen molar-refractivity contribution >= 4 is 18.3 Å². The number of aromatic nitrogens is 3. The predicted octanol–water partition coefficient (Wildman–Crippen LogP) is 1.35. The van der Waals surface area contributed by atoms with Crippen LogP contribution >= 0.6 is 12.4 Å². The predicted molar refractivity (Wildman–Crippen MR) is 86.8 cm³/mol. The van der Waals surface area contributed by atoms with E-state index >= 15 is 0 Å².